The second-order valence-electron chi connectivity index (χ2n) is 6.28. The number of piperazine rings is 1. The Morgan fingerprint density at radius 2 is 2.00 bits per heavy atom. The van der Waals surface area contributed by atoms with Gasteiger partial charge < -0.3 is 10.2 Å². The molecule has 0 bridgehead atoms. The van der Waals surface area contributed by atoms with Crippen molar-refractivity contribution < 1.29 is 9.59 Å². The molecule has 4 nitrogen and oxygen atoms in total. The van der Waals surface area contributed by atoms with Gasteiger partial charge in [0.2, 0.25) is 11.8 Å². The predicted molar refractivity (Wildman–Crippen MR) is 74.4 cm³/mol. The van der Waals surface area contributed by atoms with Crippen molar-refractivity contribution in [2.45, 2.75) is 52.6 Å². The molecule has 2 atom stereocenters. The van der Waals surface area contributed by atoms with Gasteiger partial charge in [0, 0.05) is 6.54 Å². The van der Waals surface area contributed by atoms with Gasteiger partial charge in [-0.1, -0.05) is 25.5 Å². The van der Waals surface area contributed by atoms with Crippen LogP contribution in [0.2, 0.25) is 0 Å². The largest absolute Gasteiger partial charge is 0.342 e. The van der Waals surface area contributed by atoms with Crippen LogP contribution in [-0.2, 0) is 9.59 Å². The summed E-state index contributed by atoms with van der Waals surface area (Å²) >= 11 is 0. The summed E-state index contributed by atoms with van der Waals surface area (Å²) in [6.45, 7) is 8.55. The summed E-state index contributed by atoms with van der Waals surface area (Å²) in [5, 5.41) is 2.93. The molecule has 0 aromatic rings. The molecule has 1 aliphatic heterocycles. The van der Waals surface area contributed by atoms with E-state index in [1.54, 1.807) is 4.90 Å². The van der Waals surface area contributed by atoms with Crippen LogP contribution in [0.3, 0.4) is 0 Å². The Bertz CT molecular complexity index is 406. The molecule has 0 spiro atoms. The molecule has 106 valence electrons. The Kier molecular flexibility index (Phi) is 3.97. The van der Waals surface area contributed by atoms with E-state index in [0.717, 1.165) is 12.8 Å². The third-order valence-corrected chi connectivity index (χ3v) is 3.87. The van der Waals surface area contributed by atoms with E-state index in [9.17, 15) is 9.59 Å². The molecule has 1 saturated carbocycles. The summed E-state index contributed by atoms with van der Waals surface area (Å²) < 4.78 is 0. The molecule has 0 aromatic heterocycles. The van der Waals surface area contributed by atoms with Crippen LogP contribution in [0.5, 0.6) is 0 Å². The van der Waals surface area contributed by atoms with Gasteiger partial charge in [0.05, 0.1) is 0 Å². The minimum absolute atomic E-state index is 0.00801. The number of allylic oxidation sites excluding steroid dienone is 1. The topological polar surface area (TPSA) is 49.4 Å². The summed E-state index contributed by atoms with van der Waals surface area (Å²) in [4.78, 5) is 26.6. The molecule has 2 rings (SSSR count). The lowest BCUT2D eigenvalue weighted by Crippen LogP contribution is -2.65. The number of nitrogens with zero attached hydrogens (tertiary/aromatic N) is 1. The summed E-state index contributed by atoms with van der Waals surface area (Å²) in [5.41, 5.74) is 1.17. The fourth-order valence-electron chi connectivity index (χ4n) is 2.65. The van der Waals surface area contributed by atoms with E-state index in [1.165, 1.54) is 5.57 Å². The average molecular weight is 264 g/mol. The molecular formula is C15H24N2O2. The van der Waals surface area contributed by atoms with Gasteiger partial charge in [-0.25, -0.2) is 0 Å². The van der Waals surface area contributed by atoms with Gasteiger partial charge in [0.25, 0.3) is 0 Å². The van der Waals surface area contributed by atoms with Gasteiger partial charge in [-0.05, 0) is 38.5 Å². The van der Waals surface area contributed by atoms with Crippen molar-refractivity contribution >= 4 is 11.8 Å². The molecule has 1 heterocycles. The number of amides is 2. The van der Waals surface area contributed by atoms with Crippen molar-refractivity contribution in [2.75, 3.05) is 6.54 Å². The highest BCUT2D eigenvalue weighted by atomic mass is 16.2. The lowest BCUT2D eigenvalue weighted by atomic mass is 9.95. The van der Waals surface area contributed by atoms with Crippen LogP contribution in [0.15, 0.2) is 11.6 Å². The molecular weight excluding hydrogens is 240 g/mol. The molecule has 19 heavy (non-hydrogen) atoms. The van der Waals surface area contributed by atoms with Gasteiger partial charge in [-0.3, -0.25) is 9.59 Å². The molecule has 0 aromatic carbocycles. The maximum Gasteiger partial charge on any atom is 0.246 e. The Labute approximate surface area is 115 Å². The highest BCUT2D eigenvalue weighted by Crippen LogP contribution is 2.35. The number of nitrogens with one attached hydrogen (secondary N) is 1. The molecule has 2 aliphatic rings. The van der Waals surface area contributed by atoms with Gasteiger partial charge in [-0.2, -0.15) is 0 Å². The summed E-state index contributed by atoms with van der Waals surface area (Å²) in [7, 11) is 0. The average Bonchev–Trinajstić information content (AvgIpc) is 3.12. The van der Waals surface area contributed by atoms with Gasteiger partial charge in [0.15, 0.2) is 0 Å². The number of hydrogen-bond acceptors (Lipinski definition) is 2. The molecule has 4 heteroatoms. The second kappa shape index (κ2) is 5.35. The summed E-state index contributed by atoms with van der Waals surface area (Å²) in [6, 6.07) is -0.619. The van der Waals surface area contributed by atoms with Gasteiger partial charge in [0.1, 0.15) is 12.1 Å². The fraction of sp³-hybridized carbons (Fsp3) is 0.733. The molecule has 0 radical (unpaired) electrons. The highest BCUT2D eigenvalue weighted by molar-refractivity contribution is 5.97. The molecule has 2 unspecified atom stereocenters. The zero-order chi connectivity index (χ0) is 14.2. The molecule has 2 fully saturated rings. The Morgan fingerprint density at radius 3 is 2.47 bits per heavy atom. The van der Waals surface area contributed by atoms with Crippen molar-refractivity contribution in [3.05, 3.63) is 11.6 Å². The Morgan fingerprint density at radius 1 is 1.37 bits per heavy atom. The van der Waals surface area contributed by atoms with Crippen LogP contribution in [-0.4, -0.2) is 35.3 Å². The Hall–Kier alpha value is -1.32. The van der Waals surface area contributed by atoms with E-state index in [1.807, 2.05) is 33.8 Å². The van der Waals surface area contributed by atoms with Crippen LogP contribution < -0.4 is 5.32 Å². The third-order valence-electron chi connectivity index (χ3n) is 3.87. The second-order valence-corrected chi connectivity index (χ2v) is 6.28. The van der Waals surface area contributed by atoms with Crippen LogP contribution in [0, 0.1) is 11.8 Å². The first kappa shape index (κ1) is 14.1. The maximum atomic E-state index is 12.6. The number of carbonyl (C=O) groups excluding carboxylic acids is 2. The van der Waals surface area contributed by atoms with Crippen molar-refractivity contribution in [1.29, 1.82) is 0 Å². The molecule has 2 amide bonds. The zero-order valence-corrected chi connectivity index (χ0v) is 12.3. The predicted octanol–water partition coefficient (Wildman–Crippen LogP) is 1.71. The minimum Gasteiger partial charge on any atom is -0.342 e. The van der Waals surface area contributed by atoms with Gasteiger partial charge in [-0.15, -0.1) is 0 Å². The van der Waals surface area contributed by atoms with E-state index in [-0.39, 0.29) is 29.8 Å². The maximum absolute atomic E-state index is 12.6. The first-order valence-electron chi connectivity index (χ1n) is 7.16. The quantitative estimate of drug-likeness (QED) is 0.786. The van der Waals surface area contributed by atoms with Crippen LogP contribution in [0.25, 0.3) is 0 Å². The SMILES string of the molecule is CC(C)=CCN1C(=O)C(C2CC2)NC(=O)C1C(C)C. The standard InChI is InChI=1S/C15H24N2O2/c1-9(2)7-8-17-13(10(3)4)14(18)16-12(15(17)19)11-5-6-11/h7,10-13H,5-6,8H2,1-4H3,(H,16,18). The van der Waals surface area contributed by atoms with Crippen molar-refractivity contribution in [3.8, 4) is 0 Å². The zero-order valence-electron chi connectivity index (χ0n) is 12.3. The normalized spacial score (nSPS) is 27.5. The van der Waals surface area contributed by atoms with Gasteiger partial charge >= 0.3 is 0 Å². The van der Waals surface area contributed by atoms with Crippen molar-refractivity contribution in [3.63, 3.8) is 0 Å². The summed E-state index contributed by atoms with van der Waals surface area (Å²) in [5.74, 6) is 0.598. The van der Waals surface area contributed by atoms with E-state index < -0.39 is 0 Å². The highest BCUT2D eigenvalue weighted by Gasteiger charge is 2.47. The van der Waals surface area contributed by atoms with Crippen LogP contribution in [0.4, 0.5) is 0 Å². The number of carbonyl (C=O) groups is 2. The molecule has 1 saturated heterocycles. The molecule has 1 N–H and O–H groups in total. The summed E-state index contributed by atoms with van der Waals surface area (Å²) in [6.07, 6.45) is 4.13. The van der Waals surface area contributed by atoms with E-state index >= 15 is 0 Å². The van der Waals surface area contributed by atoms with E-state index in [0.29, 0.717) is 12.5 Å². The lowest BCUT2D eigenvalue weighted by molar-refractivity contribution is -0.151. The van der Waals surface area contributed by atoms with Crippen LogP contribution in [0.1, 0.15) is 40.5 Å². The number of hydrogen-bond donors (Lipinski definition) is 1. The van der Waals surface area contributed by atoms with Crippen molar-refractivity contribution in [1.82, 2.24) is 10.2 Å². The first-order valence-corrected chi connectivity index (χ1v) is 7.16. The minimum atomic E-state index is -0.335. The smallest absolute Gasteiger partial charge is 0.246 e. The molecule has 1 aliphatic carbocycles. The van der Waals surface area contributed by atoms with E-state index in [2.05, 4.69) is 5.32 Å². The monoisotopic (exact) mass is 264 g/mol. The fourth-order valence-corrected chi connectivity index (χ4v) is 2.65. The van der Waals surface area contributed by atoms with Crippen molar-refractivity contribution in [2.24, 2.45) is 11.8 Å². The first-order chi connectivity index (χ1) is 8.91. The lowest BCUT2D eigenvalue weighted by Gasteiger charge is -2.40. The van der Waals surface area contributed by atoms with Crippen LogP contribution >= 0.6 is 0 Å². The van der Waals surface area contributed by atoms with E-state index in [4.69, 9.17) is 0 Å². The third kappa shape index (κ3) is 2.99. The number of rotatable bonds is 4. The Balaban J connectivity index is 2.21.